The topological polar surface area (TPSA) is 49.3 Å². The normalized spacial score (nSPS) is 25.8. The van der Waals surface area contributed by atoms with Crippen LogP contribution in [0, 0.1) is 5.92 Å². The number of nitrogens with one attached hydrogen (secondary N) is 1. The number of piperidine rings is 1. The third-order valence-corrected chi connectivity index (χ3v) is 6.72. The van der Waals surface area contributed by atoms with Crippen LogP contribution in [-0.2, 0) is 9.47 Å². The summed E-state index contributed by atoms with van der Waals surface area (Å²) in [6.07, 6.45) is 10.4. The summed E-state index contributed by atoms with van der Waals surface area (Å²) in [6.45, 7) is 14.9. The van der Waals surface area contributed by atoms with Gasteiger partial charge in [0.1, 0.15) is 0 Å². The molecule has 3 heterocycles. The van der Waals surface area contributed by atoms with E-state index in [1.165, 1.54) is 45.2 Å². The zero-order chi connectivity index (χ0) is 21.2. The minimum absolute atomic E-state index is 0.319. The lowest BCUT2D eigenvalue weighted by atomic mass is 10.0. The van der Waals surface area contributed by atoms with Gasteiger partial charge in [0.15, 0.2) is 5.96 Å². The number of nitrogens with zero attached hydrogens (tertiary/aromatic N) is 3. The lowest BCUT2D eigenvalue weighted by Gasteiger charge is -2.35. The molecule has 0 aromatic rings. The predicted molar refractivity (Wildman–Crippen MR) is 124 cm³/mol. The Morgan fingerprint density at radius 2 is 1.83 bits per heavy atom. The number of aliphatic imine (C=N–C) groups is 1. The fraction of sp³-hybridized carbons (Fsp3) is 0.958. The molecular formula is C24H46N4O2. The van der Waals surface area contributed by atoms with E-state index in [2.05, 4.69) is 35.9 Å². The maximum atomic E-state index is 6.20. The summed E-state index contributed by atoms with van der Waals surface area (Å²) in [4.78, 5) is 10.2. The first-order valence-corrected chi connectivity index (χ1v) is 12.7. The highest BCUT2D eigenvalue weighted by Gasteiger charge is 2.26. The molecule has 3 rings (SSSR count). The van der Waals surface area contributed by atoms with Crippen LogP contribution in [0.15, 0.2) is 4.99 Å². The summed E-state index contributed by atoms with van der Waals surface area (Å²) in [7, 11) is 0. The largest absolute Gasteiger partial charge is 0.376 e. The highest BCUT2D eigenvalue weighted by molar-refractivity contribution is 5.80. The molecule has 174 valence electrons. The van der Waals surface area contributed by atoms with E-state index in [-0.39, 0.29) is 0 Å². The molecule has 0 aliphatic carbocycles. The fourth-order valence-electron chi connectivity index (χ4n) is 5.02. The van der Waals surface area contributed by atoms with Crippen molar-refractivity contribution in [2.75, 3.05) is 52.5 Å². The molecule has 6 heteroatoms. The van der Waals surface area contributed by atoms with Gasteiger partial charge in [0, 0.05) is 32.3 Å². The molecule has 0 aromatic heterocycles. The van der Waals surface area contributed by atoms with Crippen LogP contribution in [0.1, 0.15) is 72.1 Å². The minimum atomic E-state index is 0.319. The Bertz CT molecular complexity index is 493. The third kappa shape index (κ3) is 7.69. The van der Waals surface area contributed by atoms with Gasteiger partial charge in [-0.25, -0.2) is 0 Å². The van der Waals surface area contributed by atoms with Gasteiger partial charge >= 0.3 is 0 Å². The van der Waals surface area contributed by atoms with E-state index in [1.807, 2.05) is 0 Å². The first kappa shape index (κ1) is 23.8. The molecule has 0 aromatic carbocycles. The van der Waals surface area contributed by atoms with Crippen molar-refractivity contribution in [3.8, 4) is 0 Å². The van der Waals surface area contributed by atoms with Crippen molar-refractivity contribution in [3.63, 3.8) is 0 Å². The Kier molecular flexibility index (Phi) is 10.2. The number of hydrogen-bond donors (Lipinski definition) is 1. The predicted octanol–water partition coefficient (Wildman–Crippen LogP) is 3.51. The smallest absolute Gasteiger partial charge is 0.193 e. The van der Waals surface area contributed by atoms with Crippen LogP contribution < -0.4 is 5.32 Å². The van der Waals surface area contributed by atoms with Gasteiger partial charge in [-0.1, -0.05) is 13.8 Å². The molecule has 3 aliphatic rings. The molecule has 3 saturated heterocycles. The second kappa shape index (κ2) is 12.9. The van der Waals surface area contributed by atoms with Crippen LogP contribution in [0.2, 0.25) is 0 Å². The zero-order valence-corrected chi connectivity index (χ0v) is 19.8. The summed E-state index contributed by atoms with van der Waals surface area (Å²) in [5, 5.41) is 3.55. The molecule has 30 heavy (non-hydrogen) atoms. The van der Waals surface area contributed by atoms with Crippen LogP contribution in [0.4, 0.5) is 0 Å². The highest BCUT2D eigenvalue weighted by atomic mass is 16.5. The minimum Gasteiger partial charge on any atom is -0.376 e. The molecule has 2 atom stereocenters. The number of rotatable bonds is 9. The quantitative estimate of drug-likeness (QED) is 0.455. The number of guanidine groups is 1. The van der Waals surface area contributed by atoms with Crippen LogP contribution in [0.25, 0.3) is 0 Å². The average molecular weight is 423 g/mol. The molecule has 0 spiro atoms. The maximum absolute atomic E-state index is 6.20. The maximum Gasteiger partial charge on any atom is 0.193 e. The zero-order valence-electron chi connectivity index (χ0n) is 19.8. The van der Waals surface area contributed by atoms with Crippen LogP contribution in [0.3, 0.4) is 0 Å². The van der Waals surface area contributed by atoms with Crippen LogP contribution >= 0.6 is 0 Å². The van der Waals surface area contributed by atoms with Crippen molar-refractivity contribution in [2.24, 2.45) is 10.9 Å². The van der Waals surface area contributed by atoms with Crippen LogP contribution in [-0.4, -0.2) is 86.5 Å². The first-order chi connectivity index (χ1) is 14.7. The van der Waals surface area contributed by atoms with Crippen molar-refractivity contribution in [3.05, 3.63) is 0 Å². The molecule has 0 radical (unpaired) electrons. The lowest BCUT2D eigenvalue weighted by molar-refractivity contribution is -0.0721. The first-order valence-electron chi connectivity index (χ1n) is 12.7. The number of ether oxygens (including phenoxy) is 2. The SMILES string of the molecule is CCNC(=NCC(CC(C)C)N1CCCC1)N1CCC(OCC2CCCCO2)CC1. The highest BCUT2D eigenvalue weighted by Crippen LogP contribution is 2.20. The molecular weight excluding hydrogens is 376 g/mol. The van der Waals surface area contributed by atoms with Gasteiger partial charge in [-0.15, -0.1) is 0 Å². The van der Waals surface area contributed by atoms with Crippen molar-refractivity contribution in [1.29, 1.82) is 0 Å². The fourth-order valence-corrected chi connectivity index (χ4v) is 5.02. The summed E-state index contributed by atoms with van der Waals surface area (Å²) < 4.78 is 12.0. The van der Waals surface area contributed by atoms with E-state index in [0.29, 0.717) is 18.2 Å². The Morgan fingerprint density at radius 3 is 2.47 bits per heavy atom. The third-order valence-electron chi connectivity index (χ3n) is 6.72. The van der Waals surface area contributed by atoms with Crippen molar-refractivity contribution >= 4 is 5.96 Å². The summed E-state index contributed by atoms with van der Waals surface area (Å²) in [5.41, 5.74) is 0. The number of likely N-dealkylation sites (tertiary alicyclic amines) is 2. The summed E-state index contributed by atoms with van der Waals surface area (Å²) >= 11 is 0. The molecule has 0 bridgehead atoms. The summed E-state index contributed by atoms with van der Waals surface area (Å²) in [6, 6.07) is 0.581. The Labute approximate surface area is 184 Å². The second-order valence-corrected chi connectivity index (χ2v) is 9.73. The molecule has 3 aliphatic heterocycles. The molecule has 2 unspecified atom stereocenters. The van der Waals surface area contributed by atoms with E-state index in [4.69, 9.17) is 14.5 Å². The van der Waals surface area contributed by atoms with E-state index in [1.54, 1.807) is 0 Å². The second-order valence-electron chi connectivity index (χ2n) is 9.73. The average Bonchev–Trinajstić information content (AvgIpc) is 3.30. The summed E-state index contributed by atoms with van der Waals surface area (Å²) in [5.74, 6) is 1.81. The van der Waals surface area contributed by atoms with Gasteiger partial charge in [0.05, 0.1) is 25.4 Å². The Balaban J connectivity index is 1.47. The lowest BCUT2D eigenvalue weighted by Crippen LogP contribution is -2.48. The molecule has 6 nitrogen and oxygen atoms in total. The molecule has 1 N–H and O–H groups in total. The monoisotopic (exact) mass is 422 g/mol. The van der Waals surface area contributed by atoms with Crippen LogP contribution in [0.5, 0.6) is 0 Å². The Morgan fingerprint density at radius 1 is 1.07 bits per heavy atom. The van der Waals surface area contributed by atoms with Gasteiger partial charge in [0.2, 0.25) is 0 Å². The van der Waals surface area contributed by atoms with E-state index >= 15 is 0 Å². The molecule has 0 amide bonds. The van der Waals surface area contributed by atoms with Crippen molar-refractivity contribution in [2.45, 2.75) is 90.4 Å². The standard InChI is InChI=1S/C24H46N4O2/c1-4-25-24(26-18-21(17-20(2)3)27-12-6-7-13-27)28-14-10-22(11-15-28)30-19-23-9-5-8-16-29-23/h20-23H,4-19H2,1-3H3,(H,25,26). The van der Waals surface area contributed by atoms with Gasteiger partial charge in [-0.2, -0.15) is 0 Å². The van der Waals surface area contributed by atoms with E-state index in [9.17, 15) is 0 Å². The van der Waals surface area contributed by atoms with E-state index in [0.717, 1.165) is 70.5 Å². The van der Waals surface area contributed by atoms with E-state index < -0.39 is 0 Å². The van der Waals surface area contributed by atoms with Crippen molar-refractivity contribution < 1.29 is 9.47 Å². The molecule has 3 fully saturated rings. The van der Waals surface area contributed by atoms with Gasteiger partial charge in [-0.3, -0.25) is 9.89 Å². The van der Waals surface area contributed by atoms with Gasteiger partial charge in [-0.05, 0) is 77.3 Å². The van der Waals surface area contributed by atoms with Gasteiger partial charge < -0.3 is 19.7 Å². The Hall–Kier alpha value is -0.850. The molecule has 0 saturated carbocycles. The van der Waals surface area contributed by atoms with Gasteiger partial charge in [0.25, 0.3) is 0 Å². The number of hydrogen-bond acceptors (Lipinski definition) is 4. The van der Waals surface area contributed by atoms with Crippen molar-refractivity contribution in [1.82, 2.24) is 15.1 Å².